The molecule has 2 rings (SSSR count). The van der Waals surface area contributed by atoms with E-state index in [9.17, 15) is 13.2 Å². The molecule has 0 aliphatic heterocycles. The number of carboxylic acid groups (broad SMARTS) is 1. The second-order valence-electron chi connectivity index (χ2n) is 4.25. The topological polar surface area (TPSA) is 89.3 Å². The fourth-order valence-corrected chi connectivity index (χ4v) is 3.33. The summed E-state index contributed by atoms with van der Waals surface area (Å²) in [6.07, 6.45) is 1.37. The van der Waals surface area contributed by atoms with Crippen LogP contribution in [-0.4, -0.2) is 34.8 Å². The minimum Gasteiger partial charge on any atom is -0.480 e. The lowest BCUT2D eigenvalue weighted by molar-refractivity contribution is -0.134. The van der Waals surface area contributed by atoms with Crippen molar-refractivity contribution >= 4 is 39.0 Å². The van der Waals surface area contributed by atoms with Crippen molar-refractivity contribution in [3.05, 3.63) is 46.5 Å². The normalized spacial score (nSPS) is 11.5. The Labute approximate surface area is 130 Å². The Morgan fingerprint density at radius 3 is 2.43 bits per heavy atom. The number of imidazole rings is 1. The van der Waals surface area contributed by atoms with Crippen LogP contribution in [0.15, 0.2) is 30.6 Å². The summed E-state index contributed by atoms with van der Waals surface area (Å²) in [6.45, 7) is 0. The van der Waals surface area contributed by atoms with Gasteiger partial charge in [0.1, 0.15) is 12.1 Å². The molecule has 0 atom stereocenters. The molecule has 21 heavy (non-hydrogen) atoms. The largest absolute Gasteiger partial charge is 0.480 e. The molecule has 1 N–H and O–H groups in total. The van der Waals surface area contributed by atoms with Crippen LogP contribution in [0.1, 0.15) is 5.69 Å². The first-order valence-corrected chi connectivity index (χ1v) is 8.26. The van der Waals surface area contributed by atoms with Gasteiger partial charge in [0.2, 0.25) is 0 Å². The molecule has 6 nitrogen and oxygen atoms in total. The Morgan fingerprint density at radius 2 is 1.86 bits per heavy atom. The van der Waals surface area contributed by atoms with Gasteiger partial charge in [-0.2, -0.15) is 0 Å². The van der Waals surface area contributed by atoms with E-state index in [4.69, 9.17) is 28.3 Å². The van der Waals surface area contributed by atoms with E-state index in [0.717, 1.165) is 0 Å². The Morgan fingerprint density at radius 1 is 1.24 bits per heavy atom. The first-order chi connectivity index (χ1) is 9.78. The predicted molar refractivity (Wildman–Crippen MR) is 78.7 cm³/mol. The molecule has 1 heterocycles. The van der Waals surface area contributed by atoms with Gasteiger partial charge in [-0.3, -0.25) is 4.79 Å². The van der Waals surface area contributed by atoms with E-state index in [2.05, 4.69) is 4.98 Å². The summed E-state index contributed by atoms with van der Waals surface area (Å²) in [6, 6.07) is 6.63. The second kappa shape index (κ2) is 6.05. The lowest BCUT2D eigenvalue weighted by Crippen LogP contribution is -2.18. The zero-order valence-electron chi connectivity index (χ0n) is 10.5. The summed E-state index contributed by atoms with van der Waals surface area (Å²) in [4.78, 5) is 14.4. The van der Waals surface area contributed by atoms with Gasteiger partial charge in [-0.05, 0) is 24.3 Å². The average Bonchev–Trinajstić information content (AvgIpc) is 2.70. The molecule has 0 saturated heterocycles. The van der Waals surface area contributed by atoms with Crippen LogP contribution in [0, 0.1) is 0 Å². The minimum atomic E-state index is -3.84. The number of benzene rings is 1. The van der Waals surface area contributed by atoms with Crippen molar-refractivity contribution < 1.29 is 18.3 Å². The molecule has 0 radical (unpaired) electrons. The maximum absolute atomic E-state index is 11.8. The molecule has 0 saturated carbocycles. The zero-order chi connectivity index (χ0) is 15.6. The number of hydrogen-bond acceptors (Lipinski definition) is 4. The smallest absolute Gasteiger partial charge is 0.318 e. The third-order valence-electron chi connectivity index (χ3n) is 2.62. The molecule has 0 aliphatic carbocycles. The molecular weight excluding hydrogens is 339 g/mol. The van der Waals surface area contributed by atoms with Crippen LogP contribution >= 0.6 is 23.2 Å². The van der Waals surface area contributed by atoms with Gasteiger partial charge in [-0.1, -0.05) is 23.2 Å². The van der Waals surface area contributed by atoms with Gasteiger partial charge in [-0.15, -0.1) is 0 Å². The number of aliphatic carboxylic acids is 1. The zero-order valence-corrected chi connectivity index (χ0v) is 12.9. The average molecular weight is 349 g/mol. The van der Waals surface area contributed by atoms with Gasteiger partial charge < -0.3 is 9.67 Å². The van der Waals surface area contributed by atoms with Crippen LogP contribution in [0.5, 0.6) is 0 Å². The third-order valence-corrected chi connectivity index (χ3v) is 4.59. The number of sulfone groups is 1. The number of carbonyl (C=O) groups is 1. The lowest BCUT2D eigenvalue weighted by atomic mass is 10.3. The van der Waals surface area contributed by atoms with Crippen LogP contribution in [0.4, 0.5) is 0 Å². The van der Waals surface area contributed by atoms with Crippen molar-refractivity contribution in [3.8, 4) is 5.69 Å². The van der Waals surface area contributed by atoms with Crippen molar-refractivity contribution in [2.24, 2.45) is 0 Å². The highest BCUT2D eigenvalue weighted by Crippen LogP contribution is 2.22. The Bertz CT molecular complexity index is 769. The van der Waals surface area contributed by atoms with Gasteiger partial charge in [-0.25, -0.2) is 13.4 Å². The highest BCUT2D eigenvalue weighted by molar-refractivity contribution is 7.91. The Kier molecular flexibility index (Phi) is 4.55. The summed E-state index contributed by atoms with van der Waals surface area (Å²) in [7, 11) is -3.84. The lowest BCUT2D eigenvalue weighted by Gasteiger charge is -2.08. The van der Waals surface area contributed by atoms with Crippen LogP contribution in [0.3, 0.4) is 0 Å². The van der Waals surface area contributed by atoms with Crippen molar-refractivity contribution in [1.29, 1.82) is 0 Å². The first kappa shape index (κ1) is 15.8. The van der Waals surface area contributed by atoms with Crippen LogP contribution in [0.2, 0.25) is 10.2 Å². The maximum atomic E-state index is 11.8. The molecule has 0 aliphatic rings. The third kappa shape index (κ3) is 3.96. The molecule has 0 bridgehead atoms. The SMILES string of the molecule is O=C(O)CS(=O)(=O)Cc1c(Cl)ncn1-c1ccc(Cl)cc1. The molecule has 0 unspecified atom stereocenters. The van der Waals surface area contributed by atoms with Gasteiger partial charge in [0.15, 0.2) is 15.0 Å². The van der Waals surface area contributed by atoms with E-state index in [1.807, 2.05) is 0 Å². The summed E-state index contributed by atoms with van der Waals surface area (Å²) >= 11 is 11.7. The van der Waals surface area contributed by atoms with Crippen molar-refractivity contribution in [2.75, 3.05) is 5.75 Å². The molecule has 112 valence electrons. The predicted octanol–water partition coefficient (Wildman–Crippen LogP) is 2.18. The summed E-state index contributed by atoms with van der Waals surface area (Å²) in [5.74, 6) is -2.89. The van der Waals surface area contributed by atoms with E-state index in [1.165, 1.54) is 10.9 Å². The molecule has 1 aromatic carbocycles. The van der Waals surface area contributed by atoms with Gasteiger partial charge in [0, 0.05) is 10.7 Å². The fourth-order valence-electron chi connectivity index (χ4n) is 1.75. The second-order valence-corrected chi connectivity index (χ2v) is 7.11. The molecule has 2 aromatic rings. The molecule has 1 aromatic heterocycles. The van der Waals surface area contributed by atoms with Crippen molar-refractivity contribution in [2.45, 2.75) is 5.75 Å². The standard InChI is InChI=1S/C12H10Cl2N2O4S/c13-8-1-3-9(4-2-8)16-7-15-12(14)10(16)5-21(19,20)6-11(17)18/h1-4,7H,5-6H2,(H,17,18). The quantitative estimate of drug-likeness (QED) is 0.894. The molecule has 0 amide bonds. The minimum absolute atomic E-state index is 0.0129. The maximum Gasteiger partial charge on any atom is 0.318 e. The Balaban J connectivity index is 2.39. The molecule has 9 heteroatoms. The Hall–Kier alpha value is -1.57. The summed E-state index contributed by atoms with van der Waals surface area (Å²) < 4.78 is 25.1. The molecule has 0 spiro atoms. The van der Waals surface area contributed by atoms with E-state index in [1.54, 1.807) is 24.3 Å². The molecule has 0 fully saturated rings. The molecular formula is C12H10Cl2N2O4S. The van der Waals surface area contributed by atoms with Gasteiger partial charge in [0.05, 0.1) is 11.4 Å². The number of aromatic nitrogens is 2. The monoisotopic (exact) mass is 348 g/mol. The van der Waals surface area contributed by atoms with Crippen molar-refractivity contribution in [1.82, 2.24) is 9.55 Å². The van der Waals surface area contributed by atoms with E-state index < -0.39 is 27.3 Å². The first-order valence-electron chi connectivity index (χ1n) is 5.68. The summed E-state index contributed by atoms with van der Waals surface area (Å²) in [5.41, 5.74) is 0.833. The van der Waals surface area contributed by atoms with Crippen molar-refractivity contribution in [3.63, 3.8) is 0 Å². The number of halogens is 2. The van der Waals surface area contributed by atoms with E-state index in [0.29, 0.717) is 10.7 Å². The van der Waals surface area contributed by atoms with Crippen LogP contribution in [0.25, 0.3) is 5.69 Å². The van der Waals surface area contributed by atoms with Crippen LogP contribution in [-0.2, 0) is 20.4 Å². The van der Waals surface area contributed by atoms with E-state index >= 15 is 0 Å². The van der Waals surface area contributed by atoms with Crippen LogP contribution < -0.4 is 0 Å². The summed E-state index contributed by atoms with van der Waals surface area (Å²) in [5, 5.41) is 9.16. The highest BCUT2D eigenvalue weighted by atomic mass is 35.5. The number of carboxylic acids is 1. The fraction of sp³-hybridized carbons (Fsp3) is 0.167. The number of hydrogen-bond donors (Lipinski definition) is 1. The number of rotatable bonds is 5. The van der Waals surface area contributed by atoms with E-state index in [-0.39, 0.29) is 10.8 Å². The van der Waals surface area contributed by atoms with Gasteiger partial charge in [0.25, 0.3) is 0 Å². The van der Waals surface area contributed by atoms with Gasteiger partial charge >= 0.3 is 5.97 Å². The number of nitrogens with zero attached hydrogens (tertiary/aromatic N) is 2. The highest BCUT2D eigenvalue weighted by Gasteiger charge is 2.22.